The molecule has 1 aromatic heterocycles. The Morgan fingerprint density at radius 3 is 1.93 bits per heavy atom. The number of aromatic nitrogens is 2. The molecule has 1 heterocycles. The molecule has 0 aliphatic heterocycles. The van der Waals surface area contributed by atoms with E-state index in [0.29, 0.717) is 10.1 Å². The molecule has 11 heteroatoms. The Labute approximate surface area is 178 Å². The Morgan fingerprint density at radius 2 is 1.40 bits per heavy atom. The van der Waals surface area contributed by atoms with Crippen molar-refractivity contribution in [2.24, 2.45) is 0 Å². The van der Waals surface area contributed by atoms with E-state index in [-0.39, 0.29) is 48.2 Å². The van der Waals surface area contributed by atoms with E-state index in [1.165, 1.54) is 27.6 Å². The number of nitrogens with zero attached hydrogens (tertiary/aromatic N) is 4. The van der Waals surface area contributed by atoms with Gasteiger partial charge in [-0.3, -0.25) is 20.0 Å². The van der Waals surface area contributed by atoms with Gasteiger partial charge in [-0.25, -0.2) is 9.13 Å². The van der Waals surface area contributed by atoms with Crippen molar-refractivity contribution in [3.05, 3.63) is 67.3 Å². The molecular weight excluding hydrogens is 412 g/mol. The van der Waals surface area contributed by atoms with Crippen LogP contribution >= 0.6 is 0 Å². The Bertz CT molecular complexity index is 961. The first kappa shape index (κ1) is 22.7. The first-order valence-electron chi connectivity index (χ1n) is 8.64. The third kappa shape index (κ3) is 5.06. The summed E-state index contributed by atoms with van der Waals surface area (Å²) in [5, 5.41) is 21.1. The highest BCUT2D eigenvalue weighted by Crippen LogP contribution is 2.21. The van der Waals surface area contributed by atoms with Gasteiger partial charge < -0.3 is 23.9 Å². The number of benzene rings is 2. The van der Waals surface area contributed by atoms with Crippen LogP contribution < -0.4 is 38.6 Å². The van der Waals surface area contributed by atoms with Crippen LogP contribution in [0.15, 0.2) is 67.3 Å². The lowest BCUT2D eigenvalue weighted by molar-refractivity contribution is -0.683. The smallest absolute Gasteiger partial charge is 0.292 e. The van der Waals surface area contributed by atoms with Gasteiger partial charge in [0.1, 0.15) is 12.4 Å². The van der Waals surface area contributed by atoms with Crippen LogP contribution in [0.4, 0.5) is 22.7 Å². The number of anilines is 4. The normalized spacial score (nSPS) is 10.2. The molecule has 0 atom stereocenters. The van der Waals surface area contributed by atoms with Crippen molar-refractivity contribution in [3.63, 3.8) is 0 Å². The maximum absolute atomic E-state index is 12.3. The van der Waals surface area contributed by atoms with E-state index in [9.17, 15) is 20.0 Å². The van der Waals surface area contributed by atoms with Crippen LogP contribution in [0.3, 0.4) is 0 Å². The summed E-state index contributed by atoms with van der Waals surface area (Å²) in [5.74, 6) is -1.23. The van der Waals surface area contributed by atoms with E-state index in [1.54, 1.807) is 48.8 Å². The van der Waals surface area contributed by atoms with Crippen molar-refractivity contribution in [1.82, 2.24) is 4.57 Å². The number of halogens is 1. The molecule has 0 fully saturated rings. The molecular formula is C19H21ClN6O4. The first-order chi connectivity index (χ1) is 13.9. The lowest BCUT2D eigenvalue weighted by atomic mass is 10.2. The van der Waals surface area contributed by atoms with Crippen molar-refractivity contribution >= 4 is 34.6 Å². The van der Waals surface area contributed by atoms with Gasteiger partial charge in [0.15, 0.2) is 13.1 Å². The zero-order chi connectivity index (χ0) is 21.0. The molecule has 30 heavy (non-hydrogen) atoms. The van der Waals surface area contributed by atoms with Gasteiger partial charge in [0.2, 0.25) is 6.33 Å². The van der Waals surface area contributed by atoms with Gasteiger partial charge in [-0.05, 0) is 24.3 Å². The highest BCUT2D eigenvalue weighted by atomic mass is 35.5. The largest absolute Gasteiger partial charge is 1.00 e. The minimum Gasteiger partial charge on any atom is -1.00 e. The summed E-state index contributed by atoms with van der Waals surface area (Å²) in [6.07, 6.45) is 4.62. The van der Waals surface area contributed by atoms with Gasteiger partial charge in [-0.2, -0.15) is 10.1 Å². The number of carbonyl (C=O) groups excluding carboxylic acids is 2. The van der Waals surface area contributed by atoms with Crippen molar-refractivity contribution in [1.29, 1.82) is 0 Å². The first-order valence-corrected chi connectivity index (χ1v) is 8.64. The molecule has 0 saturated carbocycles. The van der Waals surface area contributed by atoms with Crippen molar-refractivity contribution in [3.8, 4) is 0 Å². The third-order valence-corrected chi connectivity index (χ3v) is 4.18. The summed E-state index contributed by atoms with van der Waals surface area (Å²) in [7, 11) is 0. The molecule has 3 rings (SSSR count). The summed E-state index contributed by atoms with van der Waals surface area (Å²) >= 11 is 0. The standard InChI is InChI=1S/C19H21N6O4.ClH/c20-14-5-1-3-7-16(14)24(28)18(26)11-22-9-10-23(13-22)12-19(27)25(29)17-8-4-2-6-15(17)21;/h1-10,13,28-29H,11-12,20-21H2;1H/q+1;/p-1. The van der Waals surface area contributed by atoms with Crippen molar-refractivity contribution < 1.29 is 37.0 Å². The van der Waals surface area contributed by atoms with Crippen LogP contribution in [0.2, 0.25) is 0 Å². The zero-order valence-corrected chi connectivity index (χ0v) is 16.6. The number of hydrogen-bond donors (Lipinski definition) is 4. The number of hydrogen-bond acceptors (Lipinski definition) is 6. The second kappa shape index (κ2) is 9.74. The van der Waals surface area contributed by atoms with Gasteiger partial charge >= 0.3 is 0 Å². The maximum Gasteiger partial charge on any atom is 0.292 e. The topological polar surface area (TPSA) is 142 Å². The number of amides is 2. The van der Waals surface area contributed by atoms with E-state index < -0.39 is 11.8 Å². The fraction of sp³-hybridized carbons (Fsp3) is 0.105. The molecule has 2 aromatic carbocycles. The van der Waals surface area contributed by atoms with Crippen molar-refractivity contribution in [2.45, 2.75) is 13.1 Å². The van der Waals surface area contributed by atoms with Crippen LogP contribution in [0.25, 0.3) is 0 Å². The van der Waals surface area contributed by atoms with Crippen molar-refractivity contribution in [2.75, 3.05) is 21.6 Å². The molecule has 2 amide bonds. The average Bonchev–Trinajstić information content (AvgIpc) is 3.14. The van der Waals surface area contributed by atoms with Crippen LogP contribution in [0.5, 0.6) is 0 Å². The van der Waals surface area contributed by atoms with Crippen LogP contribution in [-0.2, 0) is 22.7 Å². The summed E-state index contributed by atoms with van der Waals surface area (Å²) < 4.78 is 2.97. The predicted molar refractivity (Wildman–Crippen MR) is 105 cm³/mol. The number of hydroxylamine groups is 2. The summed E-state index contributed by atoms with van der Waals surface area (Å²) in [6, 6.07) is 12.9. The molecule has 0 radical (unpaired) electrons. The number of rotatable bonds is 6. The van der Waals surface area contributed by atoms with E-state index in [2.05, 4.69) is 0 Å². The SMILES string of the molecule is Nc1ccccc1N(O)C(=O)Cn1cc[n+](CC(=O)N(O)c2ccccc2N)c1.[Cl-]. The Balaban J connectivity index is 0.00000320. The fourth-order valence-electron chi connectivity index (χ4n) is 2.70. The summed E-state index contributed by atoms with van der Waals surface area (Å²) in [5.41, 5.74) is 12.4. The second-order valence-electron chi connectivity index (χ2n) is 6.29. The van der Waals surface area contributed by atoms with Gasteiger partial charge in [0.05, 0.1) is 22.7 Å². The van der Waals surface area contributed by atoms with E-state index in [0.717, 1.165) is 0 Å². The summed E-state index contributed by atoms with van der Waals surface area (Å²) in [6.45, 7) is -0.360. The summed E-state index contributed by atoms with van der Waals surface area (Å²) in [4.78, 5) is 24.6. The number of para-hydroxylation sites is 4. The van der Waals surface area contributed by atoms with E-state index in [4.69, 9.17) is 11.5 Å². The highest BCUT2D eigenvalue weighted by Gasteiger charge is 2.21. The molecule has 158 valence electrons. The van der Waals surface area contributed by atoms with Crippen LogP contribution in [0, 0.1) is 0 Å². The lowest BCUT2D eigenvalue weighted by Crippen LogP contribution is -3.00. The zero-order valence-electron chi connectivity index (χ0n) is 15.8. The molecule has 0 unspecified atom stereocenters. The fourth-order valence-corrected chi connectivity index (χ4v) is 2.70. The number of nitrogen functional groups attached to an aromatic ring is 2. The Morgan fingerprint density at radius 1 is 0.900 bits per heavy atom. The lowest BCUT2D eigenvalue weighted by Gasteiger charge is -2.16. The second-order valence-corrected chi connectivity index (χ2v) is 6.29. The number of imidazole rings is 1. The maximum atomic E-state index is 12.3. The molecule has 0 aliphatic carbocycles. The molecule has 6 N–H and O–H groups in total. The Kier molecular flexibility index (Phi) is 7.37. The minimum absolute atomic E-state index is 0. The highest BCUT2D eigenvalue weighted by molar-refractivity contribution is 5.94. The molecule has 0 bridgehead atoms. The quantitative estimate of drug-likeness (QED) is 0.150. The van der Waals surface area contributed by atoms with E-state index in [1.807, 2.05) is 0 Å². The third-order valence-electron chi connectivity index (χ3n) is 4.18. The van der Waals surface area contributed by atoms with Gasteiger partial charge in [-0.1, -0.05) is 24.3 Å². The van der Waals surface area contributed by atoms with E-state index >= 15 is 0 Å². The van der Waals surface area contributed by atoms with Gasteiger partial charge in [0.25, 0.3) is 11.8 Å². The predicted octanol–water partition coefficient (Wildman–Crippen LogP) is -2.21. The minimum atomic E-state index is -0.613. The van der Waals surface area contributed by atoms with Crippen LogP contribution in [-0.4, -0.2) is 26.8 Å². The Hall–Kier alpha value is -3.60. The number of carbonyl (C=O) groups is 2. The molecule has 0 spiro atoms. The van der Waals surface area contributed by atoms with Gasteiger partial charge in [-0.15, -0.1) is 0 Å². The monoisotopic (exact) mass is 432 g/mol. The average molecular weight is 433 g/mol. The van der Waals surface area contributed by atoms with Gasteiger partial charge in [0, 0.05) is 0 Å². The molecule has 3 aromatic rings. The molecule has 0 aliphatic rings. The molecule has 0 saturated heterocycles. The van der Waals surface area contributed by atoms with Crippen LogP contribution in [0.1, 0.15) is 0 Å². The molecule has 10 nitrogen and oxygen atoms in total. The number of nitrogens with two attached hydrogens (primary N) is 2.